The van der Waals surface area contributed by atoms with Crippen LogP contribution >= 0.6 is 11.6 Å². The summed E-state index contributed by atoms with van der Waals surface area (Å²) >= 11 is 6.25. The second kappa shape index (κ2) is 5.72. The number of aromatic nitrogens is 3. The van der Waals surface area contributed by atoms with Gasteiger partial charge in [0.15, 0.2) is 5.65 Å². The number of nitrogens with zero attached hydrogens (tertiary/aromatic N) is 3. The van der Waals surface area contributed by atoms with E-state index in [1.807, 2.05) is 14.0 Å². The molecule has 102 valence electrons. The number of fused-ring (bicyclic) bond motifs is 1. The zero-order valence-electron chi connectivity index (χ0n) is 11.8. The molecule has 0 atom stereocenters. The highest BCUT2D eigenvalue weighted by Crippen LogP contribution is 2.24. The van der Waals surface area contributed by atoms with Crippen molar-refractivity contribution in [2.75, 3.05) is 13.1 Å². The highest BCUT2D eigenvalue weighted by atomic mass is 35.5. The highest BCUT2D eigenvalue weighted by molar-refractivity contribution is 6.31. The molecular formula is C14H19ClN4. The van der Waals surface area contributed by atoms with Gasteiger partial charge in [0.25, 0.3) is 0 Å². The summed E-state index contributed by atoms with van der Waals surface area (Å²) in [5.74, 6) is 0. The van der Waals surface area contributed by atoms with Crippen LogP contribution in [0.25, 0.3) is 17.1 Å². The first-order valence-corrected chi connectivity index (χ1v) is 6.78. The maximum absolute atomic E-state index is 6.25. The molecule has 2 aromatic heterocycles. The van der Waals surface area contributed by atoms with E-state index in [1.165, 1.54) is 5.57 Å². The third-order valence-corrected chi connectivity index (χ3v) is 3.34. The summed E-state index contributed by atoms with van der Waals surface area (Å²) in [6, 6.07) is 2.06. The minimum atomic E-state index is 0.520. The van der Waals surface area contributed by atoms with Crippen LogP contribution in [0, 0.1) is 6.92 Å². The lowest BCUT2D eigenvalue weighted by atomic mass is 10.1. The number of pyridine rings is 1. The Morgan fingerprint density at radius 2 is 2.26 bits per heavy atom. The van der Waals surface area contributed by atoms with Gasteiger partial charge in [-0.3, -0.25) is 4.68 Å². The number of nitrogens with one attached hydrogen (secondary N) is 1. The van der Waals surface area contributed by atoms with Crippen LogP contribution in [-0.2, 0) is 7.05 Å². The van der Waals surface area contributed by atoms with Crippen LogP contribution in [-0.4, -0.2) is 27.9 Å². The molecule has 19 heavy (non-hydrogen) atoms. The van der Waals surface area contributed by atoms with Crippen LogP contribution in [0.15, 0.2) is 11.6 Å². The maximum Gasteiger partial charge on any atom is 0.159 e. The molecule has 0 aliphatic carbocycles. The fourth-order valence-corrected chi connectivity index (χ4v) is 2.27. The van der Waals surface area contributed by atoms with E-state index in [0.717, 1.165) is 35.4 Å². The van der Waals surface area contributed by atoms with E-state index in [1.54, 1.807) is 4.68 Å². The van der Waals surface area contributed by atoms with E-state index in [9.17, 15) is 0 Å². The number of hydrogen-bond donors (Lipinski definition) is 1. The normalized spacial score (nSPS) is 12.4. The van der Waals surface area contributed by atoms with E-state index in [2.05, 4.69) is 41.4 Å². The zero-order chi connectivity index (χ0) is 14.0. The molecule has 0 amide bonds. The molecule has 0 saturated carbocycles. The van der Waals surface area contributed by atoms with Gasteiger partial charge < -0.3 is 5.32 Å². The molecule has 0 fully saturated rings. The van der Waals surface area contributed by atoms with Gasteiger partial charge in [-0.15, -0.1) is 0 Å². The second-order valence-corrected chi connectivity index (χ2v) is 5.08. The zero-order valence-corrected chi connectivity index (χ0v) is 12.5. The number of halogens is 1. The Labute approximate surface area is 118 Å². The highest BCUT2D eigenvalue weighted by Gasteiger charge is 2.10. The summed E-state index contributed by atoms with van der Waals surface area (Å²) < 4.78 is 1.76. The van der Waals surface area contributed by atoms with Crippen molar-refractivity contribution < 1.29 is 0 Å². The Morgan fingerprint density at radius 3 is 2.95 bits per heavy atom. The summed E-state index contributed by atoms with van der Waals surface area (Å²) in [6.45, 7) is 7.97. The van der Waals surface area contributed by atoms with Crippen LogP contribution in [0.4, 0.5) is 0 Å². The number of likely N-dealkylation sites (N-methyl/N-ethyl adjacent to an activating group) is 1. The molecule has 1 N–H and O–H groups in total. The molecule has 0 radical (unpaired) electrons. The van der Waals surface area contributed by atoms with E-state index in [-0.39, 0.29) is 0 Å². The van der Waals surface area contributed by atoms with Crippen LogP contribution in [0.1, 0.15) is 25.1 Å². The summed E-state index contributed by atoms with van der Waals surface area (Å²) in [5, 5.41) is 9.23. The molecule has 5 heteroatoms. The maximum atomic E-state index is 6.25. The van der Waals surface area contributed by atoms with Gasteiger partial charge in [0.2, 0.25) is 0 Å². The Morgan fingerprint density at radius 1 is 1.53 bits per heavy atom. The molecule has 2 heterocycles. The Hall–Kier alpha value is -1.39. The van der Waals surface area contributed by atoms with E-state index in [4.69, 9.17) is 11.6 Å². The summed E-state index contributed by atoms with van der Waals surface area (Å²) in [7, 11) is 1.88. The van der Waals surface area contributed by atoms with Crippen LogP contribution in [0.2, 0.25) is 5.15 Å². The van der Waals surface area contributed by atoms with Gasteiger partial charge in [0, 0.05) is 24.5 Å². The lowest BCUT2D eigenvalue weighted by molar-refractivity contribution is 0.773. The number of aryl methyl sites for hydroxylation is 2. The molecule has 0 saturated heterocycles. The minimum Gasteiger partial charge on any atom is -0.313 e. The lowest BCUT2D eigenvalue weighted by Crippen LogP contribution is -2.14. The van der Waals surface area contributed by atoms with E-state index >= 15 is 0 Å². The topological polar surface area (TPSA) is 42.7 Å². The smallest absolute Gasteiger partial charge is 0.159 e. The van der Waals surface area contributed by atoms with Gasteiger partial charge in [-0.25, -0.2) is 4.98 Å². The molecule has 4 nitrogen and oxygen atoms in total. The number of rotatable bonds is 4. The third-order valence-electron chi connectivity index (χ3n) is 3.04. The van der Waals surface area contributed by atoms with E-state index < -0.39 is 0 Å². The van der Waals surface area contributed by atoms with Crippen molar-refractivity contribution in [2.45, 2.75) is 20.8 Å². The second-order valence-electron chi connectivity index (χ2n) is 4.72. The first-order valence-electron chi connectivity index (χ1n) is 6.40. The van der Waals surface area contributed by atoms with Crippen molar-refractivity contribution in [1.29, 1.82) is 0 Å². The SMILES string of the molecule is CCNCC(C)=Cc1cc2c(C)nn(C)c2nc1Cl. The van der Waals surface area contributed by atoms with Crippen molar-refractivity contribution in [1.82, 2.24) is 20.1 Å². The molecule has 0 unspecified atom stereocenters. The van der Waals surface area contributed by atoms with Gasteiger partial charge in [0.1, 0.15) is 5.15 Å². The largest absolute Gasteiger partial charge is 0.313 e. The summed E-state index contributed by atoms with van der Waals surface area (Å²) in [5.41, 5.74) is 3.97. The van der Waals surface area contributed by atoms with Crippen molar-refractivity contribution in [3.8, 4) is 0 Å². The van der Waals surface area contributed by atoms with Gasteiger partial charge >= 0.3 is 0 Å². The monoisotopic (exact) mass is 278 g/mol. The Bertz CT molecular complexity index is 628. The van der Waals surface area contributed by atoms with E-state index in [0.29, 0.717) is 5.15 Å². The fraction of sp³-hybridized carbons (Fsp3) is 0.429. The van der Waals surface area contributed by atoms with Crippen molar-refractivity contribution in [3.63, 3.8) is 0 Å². The Kier molecular flexibility index (Phi) is 4.22. The third kappa shape index (κ3) is 2.96. The van der Waals surface area contributed by atoms with Gasteiger partial charge in [0.05, 0.1) is 5.69 Å². The van der Waals surface area contributed by atoms with Crippen LogP contribution in [0.5, 0.6) is 0 Å². The quantitative estimate of drug-likeness (QED) is 0.875. The molecule has 0 aromatic carbocycles. The predicted molar refractivity (Wildman–Crippen MR) is 80.5 cm³/mol. The first kappa shape index (κ1) is 14.0. The molecule has 2 aromatic rings. The molecule has 0 aliphatic heterocycles. The van der Waals surface area contributed by atoms with Gasteiger partial charge in [-0.05, 0) is 26.5 Å². The number of hydrogen-bond acceptors (Lipinski definition) is 3. The average molecular weight is 279 g/mol. The fourth-order valence-electron chi connectivity index (χ4n) is 2.08. The standard InChI is InChI=1S/C14H19ClN4/c1-5-16-8-9(2)6-11-7-12-10(3)18-19(4)14(12)17-13(11)15/h6-7,16H,5,8H2,1-4H3. The summed E-state index contributed by atoms with van der Waals surface area (Å²) in [4.78, 5) is 4.43. The molecular weight excluding hydrogens is 260 g/mol. The predicted octanol–water partition coefficient (Wildman–Crippen LogP) is 2.94. The van der Waals surface area contributed by atoms with Crippen LogP contribution < -0.4 is 5.32 Å². The van der Waals surface area contributed by atoms with Crippen molar-refractivity contribution in [3.05, 3.63) is 28.0 Å². The lowest BCUT2D eigenvalue weighted by Gasteiger charge is -2.04. The molecule has 0 bridgehead atoms. The van der Waals surface area contributed by atoms with Gasteiger partial charge in [-0.1, -0.05) is 30.2 Å². The van der Waals surface area contributed by atoms with Crippen LogP contribution in [0.3, 0.4) is 0 Å². The van der Waals surface area contributed by atoms with Gasteiger partial charge in [-0.2, -0.15) is 5.10 Å². The minimum absolute atomic E-state index is 0.520. The Balaban J connectivity index is 2.44. The molecule has 0 aliphatic rings. The molecule has 0 spiro atoms. The molecule has 2 rings (SSSR count). The summed E-state index contributed by atoms with van der Waals surface area (Å²) in [6.07, 6.45) is 2.07. The van der Waals surface area contributed by atoms with Crippen molar-refractivity contribution >= 4 is 28.7 Å². The van der Waals surface area contributed by atoms with Crippen molar-refractivity contribution in [2.24, 2.45) is 7.05 Å². The first-order chi connectivity index (χ1) is 9.02. The average Bonchev–Trinajstić information content (AvgIpc) is 2.63.